The monoisotopic (exact) mass is 622 g/mol. The lowest BCUT2D eigenvalue weighted by Gasteiger charge is -2.37. The van der Waals surface area contributed by atoms with Crippen molar-refractivity contribution in [2.75, 3.05) is 0 Å². The van der Waals surface area contributed by atoms with Gasteiger partial charge in [0.25, 0.3) is 0 Å². The van der Waals surface area contributed by atoms with Crippen molar-refractivity contribution in [2.24, 2.45) is 29.6 Å². The Kier molecular flexibility index (Phi) is 12.5. The molecule has 3 saturated carbocycles. The summed E-state index contributed by atoms with van der Waals surface area (Å²) in [6.45, 7) is 2.19. The Hall–Kier alpha value is -1.51. The van der Waals surface area contributed by atoms with Crippen LogP contribution in [0.15, 0.2) is 12.1 Å². The molecular weight excluding hydrogens is 573 g/mol. The van der Waals surface area contributed by atoms with Crippen molar-refractivity contribution in [2.45, 2.75) is 147 Å². The molecule has 4 rings (SSSR count). The van der Waals surface area contributed by atoms with Crippen molar-refractivity contribution in [1.82, 2.24) is 0 Å². The number of benzene rings is 1. The summed E-state index contributed by atoms with van der Waals surface area (Å²) in [5.41, 5.74) is 0. The van der Waals surface area contributed by atoms with E-state index in [2.05, 4.69) is 11.7 Å². The summed E-state index contributed by atoms with van der Waals surface area (Å²) in [5.74, 6) is -6.06. The lowest BCUT2D eigenvalue weighted by atomic mass is 9.76. The third-order valence-corrected chi connectivity index (χ3v) is 10.4. The third kappa shape index (κ3) is 9.99. The van der Waals surface area contributed by atoms with Gasteiger partial charge in [0.2, 0.25) is 0 Å². The first-order valence-electron chi connectivity index (χ1n) is 16.7. The van der Waals surface area contributed by atoms with Crippen LogP contribution in [-0.2, 0) is 4.74 Å². The van der Waals surface area contributed by atoms with Gasteiger partial charge in [0.1, 0.15) is 5.75 Å². The molecule has 1 aromatic carbocycles. The van der Waals surface area contributed by atoms with Crippen molar-refractivity contribution in [1.29, 1.82) is 0 Å². The van der Waals surface area contributed by atoms with Crippen LogP contribution in [0.3, 0.4) is 0 Å². The van der Waals surface area contributed by atoms with Gasteiger partial charge in [-0.2, -0.15) is 17.6 Å². The van der Waals surface area contributed by atoms with Crippen molar-refractivity contribution < 1.29 is 40.2 Å². The average Bonchev–Trinajstić information content (AvgIpc) is 2.98. The summed E-state index contributed by atoms with van der Waals surface area (Å²) in [7, 11) is 0. The predicted molar refractivity (Wildman–Crippen MR) is 153 cm³/mol. The van der Waals surface area contributed by atoms with Gasteiger partial charge in [0, 0.05) is 12.1 Å². The van der Waals surface area contributed by atoms with E-state index in [4.69, 9.17) is 4.74 Å². The molecule has 3 aliphatic rings. The van der Waals surface area contributed by atoms with E-state index >= 15 is 8.78 Å². The average molecular weight is 623 g/mol. The first-order chi connectivity index (χ1) is 20.5. The lowest BCUT2D eigenvalue weighted by Crippen LogP contribution is -2.39. The van der Waals surface area contributed by atoms with Gasteiger partial charge in [-0.3, -0.25) is 0 Å². The fourth-order valence-corrected chi connectivity index (χ4v) is 7.59. The summed E-state index contributed by atoms with van der Waals surface area (Å²) in [6.07, 6.45) is 8.27. The van der Waals surface area contributed by atoms with E-state index in [0.29, 0.717) is 68.4 Å². The molecule has 0 saturated heterocycles. The quantitative estimate of drug-likeness (QED) is 0.117. The highest BCUT2D eigenvalue weighted by atomic mass is 19.3. The smallest absolute Gasteiger partial charge is 0.400 e. The van der Waals surface area contributed by atoms with Crippen LogP contribution in [0.1, 0.15) is 129 Å². The van der Waals surface area contributed by atoms with E-state index in [1.165, 1.54) is 25.7 Å². The first kappa shape index (κ1) is 34.4. The molecule has 2 nitrogen and oxygen atoms in total. The van der Waals surface area contributed by atoms with Crippen molar-refractivity contribution >= 4 is 0 Å². The van der Waals surface area contributed by atoms with Gasteiger partial charge in [0.15, 0.2) is 17.5 Å². The standard InChI is InChI=1S/C34H49F7O2/c1-2-3-4-5-6-23-9-15-26(16-10-23)33(38,39)42-28-19-13-25(14-20-28)8-7-24-11-17-27(18-12-24)34(40,41)43-29-21-30(35)32(37)31(36)22-29/h21-28H,2-20H2,1H3. The maximum absolute atomic E-state index is 15.0. The van der Waals surface area contributed by atoms with Crippen LogP contribution in [0.2, 0.25) is 0 Å². The minimum absolute atomic E-state index is 0.222. The molecule has 246 valence electrons. The van der Waals surface area contributed by atoms with Crippen LogP contribution in [-0.4, -0.2) is 18.3 Å². The number of hydrogen-bond acceptors (Lipinski definition) is 2. The molecule has 3 fully saturated rings. The zero-order valence-electron chi connectivity index (χ0n) is 25.5. The molecule has 0 radical (unpaired) electrons. The Morgan fingerprint density at radius 2 is 1.07 bits per heavy atom. The Balaban J connectivity index is 1.11. The fourth-order valence-electron chi connectivity index (χ4n) is 7.59. The maximum atomic E-state index is 15.0. The zero-order chi connectivity index (χ0) is 31.0. The highest BCUT2D eigenvalue weighted by molar-refractivity contribution is 5.25. The van der Waals surface area contributed by atoms with E-state index in [9.17, 15) is 22.0 Å². The van der Waals surface area contributed by atoms with Crippen molar-refractivity contribution in [3.05, 3.63) is 29.6 Å². The minimum Gasteiger partial charge on any atom is -0.432 e. The van der Waals surface area contributed by atoms with Crippen LogP contribution in [0.25, 0.3) is 0 Å². The number of alkyl halides is 4. The number of ether oxygens (including phenoxy) is 2. The third-order valence-electron chi connectivity index (χ3n) is 10.4. The van der Waals surface area contributed by atoms with E-state index in [0.717, 1.165) is 44.9 Å². The molecule has 0 bridgehead atoms. The highest BCUT2D eigenvalue weighted by Gasteiger charge is 2.46. The molecule has 3 aliphatic carbocycles. The fraction of sp³-hybridized carbons (Fsp3) is 0.824. The molecule has 43 heavy (non-hydrogen) atoms. The van der Waals surface area contributed by atoms with Gasteiger partial charge < -0.3 is 9.47 Å². The Bertz CT molecular complexity index is 956. The van der Waals surface area contributed by atoms with Crippen molar-refractivity contribution in [3.8, 4) is 5.75 Å². The molecule has 0 spiro atoms. The number of halogens is 7. The summed E-state index contributed by atoms with van der Waals surface area (Å²) in [5, 5.41) is 0. The number of unbranched alkanes of at least 4 members (excludes halogenated alkanes) is 3. The molecule has 9 heteroatoms. The van der Waals surface area contributed by atoms with Gasteiger partial charge in [-0.15, -0.1) is 0 Å². The van der Waals surface area contributed by atoms with Crippen LogP contribution < -0.4 is 4.74 Å². The molecule has 0 amide bonds. The Labute approximate surface area is 252 Å². The SMILES string of the molecule is CCCCCCC1CCC(C(F)(F)OC2CCC(CCC3CCC(C(F)(F)Oc4cc(F)c(F)c(F)c4)CC3)CC2)CC1. The minimum atomic E-state index is -3.62. The number of rotatable bonds is 14. The van der Waals surface area contributed by atoms with E-state index in [-0.39, 0.29) is 12.8 Å². The van der Waals surface area contributed by atoms with Crippen molar-refractivity contribution in [3.63, 3.8) is 0 Å². The maximum Gasteiger partial charge on any atom is 0.400 e. The molecule has 0 aromatic heterocycles. The molecule has 0 heterocycles. The van der Waals surface area contributed by atoms with Gasteiger partial charge >= 0.3 is 12.2 Å². The Morgan fingerprint density at radius 3 is 1.58 bits per heavy atom. The molecule has 0 N–H and O–H groups in total. The van der Waals surface area contributed by atoms with Gasteiger partial charge in [0.05, 0.1) is 17.9 Å². The zero-order valence-corrected chi connectivity index (χ0v) is 25.5. The molecule has 0 unspecified atom stereocenters. The van der Waals surface area contributed by atoms with Gasteiger partial charge in [-0.1, -0.05) is 51.9 Å². The second-order valence-electron chi connectivity index (χ2n) is 13.5. The molecule has 0 aliphatic heterocycles. The lowest BCUT2D eigenvalue weighted by molar-refractivity contribution is -0.302. The van der Waals surface area contributed by atoms with Gasteiger partial charge in [-0.05, 0) is 94.8 Å². The van der Waals surface area contributed by atoms with Crippen LogP contribution in [0.4, 0.5) is 30.7 Å². The normalized spacial score (nSPS) is 29.0. The highest BCUT2D eigenvalue weighted by Crippen LogP contribution is 2.45. The van der Waals surface area contributed by atoms with Crippen LogP contribution in [0.5, 0.6) is 5.75 Å². The van der Waals surface area contributed by atoms with E-state index < -0.39 is 53.4 Å². The second kappa shape index (κ2) is 15.7. The molecule has 1 aromatic rings. The summed E-state index contributed by atoms with van der Waals surface area (Å²) in [6, 6.07) is 0.861. The summed E-state index contributed by atoms with van der Waals surface area (Å²) >= 11 is 0. The Morgan fingerprint density at radius 1 is 0.605 bits per heavy atom. The number of hydrogen-bond donors (Lipinski definition) is 0. The summed E-state index contributed by atoms with van der Waals surface area (Å²) < 4.78 is 109. The summed E-state index contributed by atoms with van der Waals surface area (Å²) in [4.78, 5) is 0. The largest absolute Gasteiger partial charge is 0.432 e. The topological polar surface area (TPSA) is 18.5 Å². The second-order valence-corrected chi connectivity index (χ2v) is 13.5. The van der Waals surface area contributed by atoms with Crippen LogP contribution in [0, 0.1) is 47.0 Å². The first-order valence-corrected chi connectivity index (χ1v) is 16.7. The van der Waals surface area contributed by atoms with Crippen LogP contribution >= 0.6 is 0 Å². The van der Waals surface area contributed by atoms with Gasteiger partial charge in [-0.25, -0.2) is 13.2 Å². The van der Waals surface area contributed by atoms with E-state index in [1.807, 2.05) is 0 Å². The molecular formula is C34H49F7O2. The van der Waals surface area contributed by atoms with E-state index in [1.54, 1.807) is 0 Å². The predicted octanol–water partition coefficient (Wildman–Crippen LogP) is 11.6. The molecule has 0 atom stereocenters.